The molecule has 0 saturated carbocycles. The molecule has 0 aliphatic carbocycles. The summed E-state index contributed by atoms with van der Waals surface area (Å²) in [6, 6.07) is 6.60. The number of hydrogen-bond acceptors (Lipinski definition) is 4. The Morgan fingerprint density at radius 1 is 1.29 bits per heavy atom. The molecule has 0 spiro atoms. The van der Waals surface area contributed by atoms with Crippen molar-refractivity contribution in [3.8, 4) is 5.75 Å². The predicted octanol–water partition coefficient (Wildman–Crippen LogP) is 0.551. The van der Waals surface area contributed by atoms with Crippen LogP contribution in [0.4, 0.5) is 0 Å². The summed E-state index contributed by atoms with van der Waals surface area (Å²) in [4.78, 5) is 23.2. The molecule has 0 fully saturated rings. The fourth-order valence-electron chi connectivity index (χ4n) is 1.84. The van der Waals surface area contributed by atoms with Crippen LogP contribution in [0.1, 0.15) is 16.1 Å². The lowest BCUT2D eigenvalue weighted by Gasteiger charge is -2.13. The van der Waals surface area contributed by atoms with E-state index in [9.17, 15) is 19.8 Å². The van der Waals surface area contributed by atoms with Crippen LogP contribution in [0.25, 0.3) is 0 Å². The SMILES string of the molecule is Cn1ccc(C(=O)N[C@H](Cc2ccc(O)cc2)C(=O)O)n1. The van der Waals surface area contributed by atoms with Crippen molar-refractivity contribution in [1.29, 1.82) is 0 Å². The molecule has 7 heteroatoms. The number of carboxylic acid groups (broad SMARTS) is 1. The normalized spacial score (nSPS) is 11.9. The van der Waals surface area contributed by atoms with Crippen molar-refractivity contribution in [3.05, 3.63) is 47.8 Å². The van der Waals surface area contributed by atoms with Gasteiger partial charge in [0.1, 0.15) is 17.5 Å². The summed E-state index contributed by atoms with van der Waals surface area (Å²) in [7, 11) is 1.67. The van der Waals surface area contributed by atoms with E-state index in [1.165, 1.54) is 22.9 Å². The second-order valence-corrected chi connectivity index (χ2v) is 4.61. The highest BCUT2D eigenvalue weighted by atomic mass is 16.4. The number of aliphatic carboxylic acids is 1. The summed E-state index contributed by atoms with van der Waals surface area (Å²) in [5.41, 5.74) is 0.857. The molecule has 110 valence electrons. The zero-order valence-corrected chi connectivity index (χ0v) is 11.4. The Kier molecular flexibility index (Phi) is 4.22. The first-order valence-electron chi connectivity index (χ1n) is 6.27. The van der Waals surface area contributed by atoms with Crippen LogP contribution in [0.3, 0.4) is 0 Å². The van der Waals surface area contributed by atoms with Gasteiger partial charge in [-0.05, 0) is 23.8 Å². The van der Waals surface area contributed by atoms with E-state index in [0.29, 0.717) is 5.56 Å². The number of aromatic hydroxyl groups is 1. The number of phenols is 1. The van der Waals surface area contributed by atoms with E-state index in [2.05, 4.69) is 10.4 Å². The van der Waals surface area contributed by atoms with Gasteiger partial charge in [0, 0.05) is 19.7 Å². The van der Waals surface area contributed by atoms with Gasteiger partial charge in [0.2, 0.25) is 0 Å². The number of amides is 1. The standard InChI is InChI=1S/C14H15N3O4/c1-17-7-6-11(16-17)13(19)15-12(14(20)21)8-9-2-4-10(18)5-3-9/h2-7,12,18H,8H2,1H3,(H,15,19)(H,20,21)/t12-/m1/s1. The average molecular weight is 289 g/mol. The van der Waals surface area contributed by atoms with Gasteiger partial charge in [-0.1, -0.05) is 12.1 Å². The molecule has 1 aromatic carbocycles. The van der Waals surface area contributed by atoms with E-state index in [0.717, 1.165) is 0 Å². The van der Waals surface area contributed by atoms with Crippen molar-refractivity contribution in [2.24, 2.45) is 7.05 Å². The summed E-state index contributed by atoms with van der Waals surface area (Å²) >= 11 is 0. The van der Waals surface area contributed by atoms with Gasteiger partial charge in [-0.2, -0.15) is 5.10 Å². The van der Waals surface area contributed by atoms with Gasteiger partial charge < -0.3 is 15.5 Å². The molecule has 2 aromatic rings. The summed E-state index contributed by atoms with van der Waals surface area (Å²) in [6.45, 7) is 0. The molecule has 1 heterocycles. The van der Waals surface area contributed by atoms with Crippen LogP contribution in [0.15, 0.2) is 36.5 Å². The van der Waals surface area contributed by atoms with Crippen LogP contribution in [-0.4, -0.2) is 37.9 Å². The quantitative estimate of drug-likeness (QED) is 0.745. The number of nitrogens with one attached hydrogen (secondary N) is 1. The second kappa shape index (κ2) is 6.08. The summed E-state index contributed by atoms with van der Waals surface area (Å²) < 4.78 is 1.46. The molecule has 0 bridgehead atoms. The highest BCUT2D eigenvalue weighted by molar-refractivity contribution is 5.94. The Morgan fingerprint density at radius 2 is 1.95 bits per heavy atom. The Bertz CT molecular complexity index is 648. The number of aromatic nitrogens is 2. The minimum atomic E-state index is -1.13. The third-order valence-electron chi connectivity index (χ3n) is 2.93. The van der Waals surface area contributed by atoms with Crippen LogP contribution in [-0.2, 0) is 18.3 Å². The zero-order valence-electron chi connectivity index (χ0n) is 11.4. The number of rotatable bonds is 5. The minimum Gasteiger partial charge on any atom is -0.508 e. The van der Waals surface area contributed by atoms with Crippen LogP contribution >= 0.6 is 0 Å². The number of carboxylic acids is 1. The zero-order chi connectivity index (χ0) is 15.4. The largest absolute Gasteiger partial charge is 0.508 e. The van der Waals surface area contributed by atoms with Crippen molar-refractivity contribution in [1.82, 2.24) is 15.1 Å². The van der Waals surface area contributed by atoms with Crippen LogP contribution in [0.5, 0.6) is 5.75 Å². The highest BCUT2D eigenvalue weighted by Gasteiger charge is 2.22. The molecule has 0 radical (unpaired) electrons. The third-order valence-corrected chi connectivity index (χ3v) is 2.93. The van der Waals surface area contributed by atoms with E-state index in [1.54, 1.807) is 25.4 Å². The van der Waals surface area contributed by atoms with Crippen molar-refractivity contribution < 1.29 is 19.8 Å². The van der Waals surface area contributed by atoms with Crippen LogP contribution in [0.2, 0.25) is 0 Å². The maximum absolute atomic E-state index is 11.9. The molecular weight excluding hydrogens is 274 g/mol. The summed E-state index contributed by atoms with van der Waals surface area (Å²) in [6.07, 6.45) is 1.72. The first kappa shape index (κ1) is 14.6. The van der Waals surface area contributed by atoms with Gasteiger partial charge in [0.25, 0.3) is 5.91 Å². The monoisotopic (exact) mass is 289 g/mol. The average Bonchev–Trinajstić information content (AvgIpc) is 2.87. The van der Waals surface area contributed by atoms with Crippen molar-refractivity contribution in [2.75, 3.05) is 0 Å². The first-order chi connectivity index (χ1) is 9.95. The van der Waals surface area contributed by atoms with Gasteiger partial charge >= 0.3 is 5.97 Å². The van der Waals surface area contributed by atoms with Gasteiger partial charge in [-0.25, -0.2) is 4.79 Å². The molecule has 0 saturated heterocycles. The fraction of sp³-hybridized carbons (Fsp3) is 0.214. The van der Waals surface area contributed by atoms with Crippen LogP contribution in [0, 0.1) is 0 Å². The Hall–Kier alpha value is -2.83. The number of aryl methyl sites for hydroxylation is 1. The number of carbonyl (C=O) groups excluding carboxylic acids is 1. The first-order valence-corrected chi connectivity index (χ1v) is 6.27. The minimum absolute atomic E-state index is 0.100. The Balaban J connectivity index is 2.07. The fourth-order valence-corrected chi connectivity index (χ4v) is 1.84. The molecule has 1 aromatic heterocycles. The predicted molar refractivity (Wildman–Crippen MR) is 73.9 cm³/mol. The molecule has 1 atom stereocenters. The van der Waals surface area contributed by atoms with E-state index < -0.39 is 17.9 Å². The molecule has 0 unspecified atom stereocenters. The van der Waals surface area contributed by atoms with Crippen molar-refractivity contribution in [2.45, 2.75) is 12.5 Å². The lowest BCUT2D eigenvalue weighted by Crippen LogP contribution is -2.42. The molecule has 0 aliphatic heterocycles. The Morgan fingerprint density at radius 3 is 2.48 bits per heavy atom. The number of carbonyl (C=O) groups is 2. The van der Waals surface area contributed by atoms with E-state index in [1.807, 2.05) is 0 Å². The molecule has 2 rings (SSSR count). The number of nitrogens with zero attached hydrogens (tertiary/aromatic N) is 2. The molecule has 0 aliphatic rings. The highest BCUT2D eigenvalue weighted by Crippen LogP contribution is 2.11. The lowest BCUT2D eigenvalue weighted by molar-refractivity contribution is -0.139. The Labute approximate surface area is 120 Å². The lowest BCUT2D eigenvalue weighted by atomic mass is 10.1. The second-order valence-electron chi connectivity index (χ2n) is 4.61. The molecule has 7 nitrogen and oxygen atoms in total. The molecule has 3 N–H and O–H groups in total. The number of hydrogen-bond donors (Lipinski definition) is 3. The molecule has 1 amide bonds. The van der Waals surface area contributed by atoms with Gasteiger partial charge in [0.05, 0.1) is 0 Å². The van der Waals surface area contributed by atoms with Crippen molar-refractivity contribution in [3.63, 3.8) is 0 Å². The van der Waals surface area contributed by atoms with Gasteiger partial charge in [-0.3, -0.25) is 9.48 Å². The van der Waals surface area contributed by atoms with E-state index in [-0.39, 0.29) is 17.9 Å². The molecule has 21 heavy (non-hydrogen) atoms. The van der Waals surface area contributed by atoms with E-state index in [4.69, 9.17) is 0 Å². The number of benzene rings is 1. The smallest absolute Gasteiger partial charge is 0.326 e. The molecular formula is C14H15N3O4. The number of phenolic OH excluding ortho intramolecular Hbond substituents is 1. The summed E-state index contributed by atoms with van der Waals surface area (Å²) in [5, 5.41) is 24.8. The van der Waals surface area contributed by atoms with Gasteiger partial charge in [-0.15, -0.1) is 0 Å². The van der Waals surface area contributed by atoms with E-state index >= 15 is 0 Å². The topological polar surface area (TPSA) is 104 Å². The van der Waals surface area contributed by atoms with Crippen LogP contribution < -0.4 is 5.32 Å². The maximum Gasteiger partial charge on any atom is 0.326 e. The summed E-state index contributed by atoms with van der Waals surface area (Å²) in [5.74, 6) is -1.57. The maximum atomic E-state index is 11.9. The van der Waals surface area contributed by atoms with Gasteiger partial charge in [0.15, 0.2) is 0 Å². The third kappa shape index (κ3) is 3.82. The van der Waals surface area contributed by atoms with Crippen molar-refractivity contribution >= 4 is 11.9 Å².